The van der Waals surface area contributed by atoms with Gasteiger partial charge in [-0.15, -0.1) is 0 Å². The number of ether oxygens (including phenoxy) is 1. The topological polar surface area (TPSA) is 63.7 Å². The van der Waals surface area contributed by atoms with Crippen LogP contribution in [-0.2, 0) is 19.4 Å². The molecule has 0 aromatic heterocycles. The Morgan fingerprint density at radius 3 is 2.63 bits per heavy atom. The monoisotopic (exact) mass is 289 g/mol. The van der Waals surface area contributed by atoms with Crippen molar-refractivity contribution in [3.63, 3.8) is 0 Å². The first-order valence-corrected chi connectivity index (χ1v) is 8.77. The van der Waals surface area contributed by atoms with E-state index in [0.29, 0.717) is 13.0 Å². The fourth-order valence-electron chi connectivity index (χ4n) is 2.72. The Labute approximate surface area is 115 Å². The van der Waals surface area contributed by atoms with Crippen molar-refractivity contribution in [1.29, 1.82) is 0 Å². The molecule has 0 aromatic rings. The normalized spacial score (nSPS) is 29.4. The number of carbonyl (C=O) groups excluding carboxylic acids is 1. The highest BCUT2D eigenvalue weighted by Crippen LogP contribution is 2.34. The van der Waals surface area contributed by atoms with E-state index in [1.165, 1.54) is 0 Å². The van der Waals surface area contributed by atoms with Crippen molar-refractivity contribution in [2.45, 2.75) is 51.2 Å². The molecule has 5 nitrogen and oxygen atoms in total. The van der Waals surface area contributed by atoms with Crippen molar-refractivity contribution in [2.75, 3.05) is 24.7 Å². The Kier molecular flexibility index (Phi) is 4.20. The highest BCUT2D eigenvalue weighted by Gasteiger charge is 2.35. The molecule has 6 heteroatoms. The molecule has 0 aromatic carbocycles. The van der Waals surface area contributed by atoms with Crippen LogP contribution in [0.15, 0.2) is 0 Å². The molecule has 0 bridgehead atoms. The van der Waals surface area contributed by atoms with E-state index >= 15 is 0 Å². The minimum Gasteiger partial charge on any atom is -0.365 e. The molecule has 1 atom stereocenters. The number of amides is 1. The van der Waals surface area contributed by atoms with E-state index in [9.17, 15) is 13.2 Å². The van der Waals surface area contributed by atoms with Crippen LogP contribution in [0, 0.1) is 0 Å². The predicted molar refractivity (Wildman–Crippen MR) is 72.7 cm³/mol. The molecular weight excluding hydrogens is 266 g/mol. The summed E-state index contributed by atoms with van der Waals surface area (Å²) in [6.07, 6.45) is 3.69. The second-order valence-corrected chi connectivity index (χ2v) is 8.22. The van der Waals surface area contributed by atoms with Crippen LogP contribution in [0.3, 0.4) is 0 Å². The Hall–Kier alpha value is -0.620. The van der Waals surface area contributed by atoms with Crippen LogP contribution in [-0.4, -0.2) is 55.5 Å². The van der Waals surface area contributed by atoms with E-state index in [-0.39, 0.29) is 35.7 Å². The molecule has 110 valence electrons. The maximum Gasteiger partial charge on any atom is 0.248 e. The molecule has 1 aliphatic carbocycles. The van der Waals surface area contributed by atoms with Crippen LogP contribution in [0.2, 0.25) is 0 Å². The van der Waals surface area contributed by atoms with Gasteiger partial charge in [-0.1, -0.05) is 0 Å². The summed E-state index contributed by atoms with van der Waals surface area (Å²) in [5, 5.41) is 0. The molecule has 0 radical (unpaired) electrons. The van der Waals surface area contributed by atoms with Gasteiger partial charge in [0.25, 0.3) is 0 Å². The molecule has 1 saturated carbocycles. The first-order valence-electron chi connectivity index (χ1n) is 6.95. The highest BCUT2D eigenvalue weighted by atomic mass is 32.2. The van der Waals surface area contributed by atoms with Crippen molar-refractivity contribution in [3.8, 4) is 0 Å². The predicted octanol–water partition coefficient (Wildman–Crippen LogP) is 0.981. The zero-order valence-electron chi connectivity index (χ0n) is 11.7. The minimum absolute atomic E-state index is 0.0655. The van der Waals surface area contributed by atoms with Gasteiger partial charge in [-0.25, -0.2) is 8.42 Å². The zero-order chi connectivity index (χ0) is 14.1. The van der Waals surface area contributed by atoms with E-state index < -0.39 is 9.84 Å². The lowest BCUT2D eigenvalue weighted by atomic mass is 9.82. The highest BCUT2D eigenvalue weighted by molar-refractivity contribution is 7.91. The third kappa shape index (κ3) is 3.69. The van der Waals surface area contributed by atoms with Gasteiger partial charge in [0.05, 0.1) is 17.1 Å². The minimum atomic E-state index is -3.01. The third-order valence-corrected chi connectivity index (χ3v) is 6.06. The van der Waals surface area contributed by atoms with Gasteiger partial charge in [0, 0.05) is 12.6 Å². The lowest BCUT2D eigenvalue weighted by Crippen LogP contribution is -2.45. The average molecular weight is 289 g/mol. The van der Waals surface area contributed by atoms with E-state index in [1.807, 2.05) is 6.92 Å². The maximum atomic E-state index is 12.2. The second-order valence-electron chi connectivity index (χ2n) is 6.00. The molecule has 1 aliphatic heterocycles. The molecule has 2 rings (SSSR count). The lowest BCUT2D eigenvalue weighted by Gasteiger charge is -2.38. The van der Waals surface area contributed by atoms with E-state index in [4.69, 9.17) is 4.74 Å². The fraction of sp³-hybridized carbons (Fsp3) is 0.923. The van der Waals surface area contributed by atoms with Gasteiger partial charge in [0.15, 0.2) is 9.84 Å². The van der Waals surface area contributed by atoms with Gasteiger partial charge < -0.3 is 9.64 Å². The number of sulfone groups is 1. The van der Waals surface area contributed by atoms with Crippen LogP contribution in [0.1, 0.15) is 39.5 Å². The quantitative estimate of drug-likeness (QED) is 0.777. The van der Waals surface area contributed by atoms with Gasteiger partial charge in [0.2, 0.25) is 5.91 Å². The molecule has 0 spiro atoms. The fourth-order valence-corrected chi connectivity index (χ4v) is 4.37. The SMILES string of the molecule is CC1CS(=O)(=O)CCCN1C(=O)COC1(C)CCC1. The molecule has 1 saturated heterocycles. The van der Waals surface area contributed by atoms with Crippen molar-refractivity contribution in [1.82, 2.24) is 4.90 Å². The number of rotatable bonds is 3. The first kappa shape index (κ1) is 14.8. The summed E-state index contributed by atoms with van der Waals surface area (Å²) in [5.74, 6) is 0.160. The summed E-state index contributed by atoms with van der Waals surface area (Å²) in [4.78, 5) is 13.8. The molecule has 2 aliphatic rings. The lowest BCUT2D eigenvalue weighted by molar-refractivity contribution is -0.150. The smallest absolute Gasteiger partial charge is 0.248 e. The van der Waals surface area contributed by atoms with E-state index in [2.05, 4.69) is 0 Å². The molecule has 19 heavy (non-hydrogen) atoms. The van der Waals surface area contributed by atoms with Gasteiger partial charge in [-0.2, -0.15) is 0 Å². The molecule has 0 N–H and O–H groups in total. The van der Waals surface area contributed by atoms with Crippen molar-refractivity contribution >= 4 is 15.7 Å². The number of nitrogens with zero attached hydrogens (tertiary/aromatic N) is 1. The first-order chi connectivity index (χ1) is 8.81. The third-order valence-electron chi connectivity index (χ3n) is 4.16. The molecular formula is C13H23NO4S. The van der Waals surface area contributed by atoms with Crippen molar-refractivity contribution < 1.29 is 17.9 Å². The summed E-state index contributed by atoms with van der Waals surface area (Å²) < 4.78 is 29.0. The van der Waals surface area contributed by atoms with E-state index in [0.717, 1.165) is 19.3 Å². The summed E-state index contributed by atoms with van der Waals surface area (Å²) in [5.41, 5.74) is -0.142. The van der Waals surface area contributed by atoms with Crippen LogP contribution in [0.4, 0.5) is 0 Å². The summed E-state index contributed by atoms with van der Waals surface area (Å²) in [6.45, 7) is 4.41. The van der Waals surface area contributed by atoms with Crippen LogP contribution >= 0.6 is 0 Å². The Morgan fingerprint density at radius 2 is 2.05 bits per heavy atom. The maximum absolute atomic E-state index is 12.2. The Bertz CT molecular complexity index is 442. The molecule has 2 fully saturated rings. The number of carbonyl (C=O) groups is 1. The van der Waals surface area contributed by atoms with Gasteiger partial charge in [-0.05, 0) is 39.5 Å². The Morgan fingerprint density at radius 1 is 1.37 bits per heavy atom. The van der Waals surface area contributed by atoms with Gasteiger partial charge in [-0.3, -0.25) is 4.79 Å². The standard InChI is InChI=1S/C13H23NO4S/c1-11-10-19(16,17)8-4-7-14(11)12(15)9-18-13(2)5-3-6-13/h11H,3-10H2,1-2H3. The summed E-state index contributed by atoms with van der Waals surface area (Å²) >= 11 is 0. The zero-order valence-corrected chi connectivity index (χ0v) is 12.5. The van der Waals surface area contributed by atoms with Crippen LogP contribution < -0.4 is 0 Å². The van der Waals surface area contributed by atoms with Crippen LogP contribution in [0.5, 0.6) is 0 Å². The summed E-state index contributed by atoms with van der Waals surface area (Å²) in [6, 6.07) is -0.252. The molecule has 1 heterocycles. The molecule has 1 amide bonds. The molecule has 1 unspecified atom stereocenters. The van der Waals surface area contributed by atoms with Gasteiger partial charge in [0.1, 0.15) is 6.61 Å². The van der Waals surface area contributed by atoms with Crippen molar-refractivity contribution in [3.05, 3.63) is 0 Å². The van der Waals surface area contributed by atoms with Gasteiger partial charge >= 0.3 is 0 Å². The largest absolute Gasteiger partial charge is 0.365 e. The number of hydrogen-bond acceptors (Lipinski definition) is 4. The average Bonchev–Trinajstić information content (AvgIpc) is 2.41. The summed E-state index contributed by atoms with van der Waals surface area (Å²) in [7, 11) is -3.01. The Balaban J connectivity index is 1.90. The van der Waals surface area contributed by atoms with E-state index in [1.54, 1.807) is 11.8 Å². The van der Waals surface area contributed by atoms with Crippen LogP contribution in [0.25, 0.3) is 0 Å². The number of hydrogen-bond donors (Lipinski definition) is 0. The van der Waals surface area contributed by atoms with Crippen molar-refractivity contribution in [2.24, 2.45) is 0 Å². The second kappa shape index (κ2) is 5.40.